The average Bonchev–Trinajstić information content (AvgIpc) is 2.99. The molecule has 0 aliphatic carbocycles. The molecule has 6 nitrogen and oxygen atoms in total. The second-order valence-electron chi connectivity index (χ2n) is 11.7. The third-order valence-corrected chi connectivity index (χ3v) is 7.63. The first-order chi connectivity index (χ1) is 20.4. The number of likely N-dealkylation sites (N-methyl/N-ethyl adjacent to an activating group) is 2. The standard InChI is InChI=1S/C36H56N2O4/c1-5-7-9-11-13-15-25-37(3)27-35(39)41-29-31-17-21-33(22-18-31)34-23-19-32(20-24-34)30-42-36(40)28-38(4)26-16-14-12-10-8-6-2/h17-24H,5-16,25-30H2,1-4H3. The van der Waals surface area contributed by atoms with Gasteiger partial charge in [0.15, 0.2) is 0 Å². The van der Waals surface area contributed by atoms with E-state index in [1.165, 1.54) is 64.2 Å². The minimum atomic E-state index is -0.187. The third kappa shape index (κ3) is 16.1. The molecule has 2 rings (SSSR count). The van der Waals surface area contributed by atoms with E-state index in [9.17, 15) is 9.59 Å². The molecule has 0 atom stereocenters. The Kier molecular flexibility index (Phi) is 18.5. The van der Waals surface area contributed by atoms with E-state index in [0.717, 1.165) is 48.2 Å². The zero-order valence-electron chi connectivity index (χ0n) is 26.9. The Morgan fingerprint density at radius 1 is 0.524 bits per heavy atom. The van der Waals surface area contributed by atoms with Gasteiger partial charge >= 0.3 is 11.9 Å². The quantitative estimate of drug-likeness (QED) is 0.0980. The molecule has 0 unspecified atom stereocenters. The predicted octanol–water partition coefficient (Wildman–Crippen LogP) is 8.02. The van der Waals surface area contributed by atoms with Crippen LogP contribution in [0.1, 0.15) is 102 Å². The first-order valence-corrected chi connectivity index (χ1v) is 16.3. The van der Waals surface area contributed by atoms with Gasteiger partial charge in [-0.3, -0.25) is 19.4 Å². The van der Waals surface area contributed by atoms with Crippen molar-refractivity contribution in [1.29, 1.82) is 0 Å². The molecule has 0 amide bonds. The van der Waals surface area contributed by atoms with Crippen LogP contribution in [0.5, 0.6) is 0 Å². The van der Waals surface area contributed by atoms with E-state index in [0.29, 0.717) is 13.1 Å². The summed E-state index contributed by atoms with van der Waals surface area (Å²) in [5, 5.41) is 0. The molecule has 234 valence electrons. The molecule has 0 saturated heterocycles. The second kappa shape index (κ2) is 21.9. The molecule has 0 aliphatic rings. The average molecular weight is 581 g/mol. The Balaban J connectivity index is 1.65. The molecule has 0 fully saturated rings. The highest BCUT2D eigenvalue weighted by molar-refractivity contribution is 5.72. The summed E-state index contributed by atoms with van der Waals surface area (Å²) in [6.07, 6.45) is 15.0. The molecule has 2 aromatic rings. The van der Waals surface area contributed by atoms with E-state index < -0.39 is 0 Å². The number of esters is 2. The van der Waals surface area contributed by atoms with Gasteiger partial charge in [0.25, 0.3) is 0 Å². The van der Waals surface area contributed by atoms with E-state index in [1.807, 2.05) is 72.4 Å². The Morgan fingerprint density at radius 2 is 0.857 bits per heavy atom. The lowest BCUT2D eigenvalue weighted by molar-refractivity contribution is -0.146. The highest BCUT2D eigenvalue weighted by atomic mass is 16.5. The summed E-state index contributed by atoms with van der Waals surface area (Å²) in [7, 11) is 3.96. The van der Waals surface area contributed by atoms with Crippen LogP contribution >= 0.6 is 0 Å². The van der Waals surface area contributed by atoms with Crippen LogP contribution in [-0.4, -0.2) is 62.0 Å². The molecule has 2 aromatic carbocycles. The summed E-state index contributed by atoms with van der Waals surface area (Å²) in [6.45, 7) is 7.52. The fraction of sp³-hybridized carbons (Fsp3) is 0.611. The van der Waals surface area contributed by atoms with Crippen LogP contribution in [0.25, 0.3) is 11.1 Å². The molecule has 0 bridgehead atoms. The maximum Gasteiger partial charge on any atom is 0.320 e. The molecule has 0 heterocycles. The Labute approximate surface area is 255 Å². The minimum absolute atomic E-state index is 0.187. The largest absolute Gasteiger partial charge is 0.460 e. The number of benzene rings is 2. The van der Waals surface area contributed by atoms with E-state index in [-0.39, 0.29) is 25.2 Å². The summed E-state index contributed by atoms with van der Waals surface area (Å²) < 4.78 is 11.0. The third-order valence-electron chi connectivity index (χ3n) is 7.63. The predicted molar refractivity (Wildman–Crippen MR) is 173 cm³/mol. The van der Waals surface area contributed by atoms with Crippen molar-refractivity contribution in [3.63, 3.8) is 0 Å². The number of carbonyl (C=O) groups is 2. The van der Waals surface area contributed by atoms with E-state index in [1.54, 1.807) is 0 Å². The summed E-state index contributed by atoms with van der Waals surface area (Å²) in [4.78, 5) is 28.6. The van der Waals surface area contributed by atoms with Crippen molar-refractivity contribution in [3.05, 3.63) is 59.7 Å². The number of rotatable bonds is 23. The molecule has 0 N–H and O–H groups in total. The van der Waals surface area contributed by atoms with Crippen LogP contribution in [0.4, 0.5) is 0 Å². The summed E-state index contributed by atoms with van der Waals surface area (Å²) in [5.74, 6) is -0.374. The van der Waals surface area contributed by atoms with Gasteiger partial charge in [0.05, 0.1) is 13.1 Å². The summed E-state index contributed by atoms with van der Waals surface area (Å²) in [5.41, 5.74) is 4.11. The molecule has 0 spiro atoms. The first-order valence-electron chi connectivity index (χ1n) is 16.3. The lowest BCUT2D eigenvalue weighted by atomic mass is 10.0. The van der Waals surface area contributed by atoms with Gasteiger partial charge in [-0.25, -0.2) is 0 Å². The van der Waals surface area contributed by atoms with Crippen LogP contribution in [0.2, 0.25) is 0 Å². The number of unbranched alkanes of at least 4 members (excludes halogenated alkanes) is 10. The zero-order chi connectivity index (χ0) is 30.4. The van der Waals surface area contributed by atoms with Crippen LogP contribution in [0.15, 0.2) is 48.5 Å². The number of ether oxygens (including phenoxy) is 2. The Morgan fingerprint density at radius 3 is 1.21 bits per heavy atom. The fourth-order valence-electron chi connectivity index (χ4n) is 4.93. The highest BCUT2D eigenvalue weighted by Gasteiger charge is 2.10. The first kappa shape index (κ1) is 35.5. The number of carbonyl (C=O) groups excluding carboxylic acids is 2. The van der Waals surface area contributed by atoms with Gasteiger partial charge in [0.2, 0.25) is 0 Å². The maximum atomic E-state index is 12.3. The van der Waals surface area contributed by atoms with Crippen molar-refractivity contribution in [2.75, 3.05) is 40.3 Å². The topological polar surface area (TPSA) is 59.1 Å². The van der Waals surface area contributed by atoms with Crippen molar-refractivity contribution in [2.24, 2.45) is 0 Å². The van der Waals surface area contributed by atoms with Crippen molar-refractivity contribution < 1.29 is 19.1 Å². The van der Waals surface area contributed by atoms with Gasteiger partial charge in [0.1, 0.15) is 13.2 Å². The second-order valence-corrected chi connectivity index (χ2v) is 11.7. The molecule has 0 radical (unpaired) electrons. The van der Waals surface area contributed by atoms with Crippen LogP contribution in [0, 0.1) is 0 Å². The Bertz CT molecular complexity index is 909. The lowest BCUT2D eigenvalue weighted by Crippen LogP contribution is -2.28. The highest BCUT2D eigenvalue weighted by Crippen LogP contribution is 2.21. The SMILES string of the molecule is CCCCCCCCN(C)CC(=O)OCc1ccc(-c2ccc(COC(=O)CN(C)CCCCCCCC)cc2)cc1. The van der Waals surface area contributed by atoms with E-state index in [2.05, 4.69) is 13.8 Å². The lowest BCUT2D eigenvalue weighted by Gasteiger charge is -2.16. The van der Waals surface area contributed by atoms with Crippen LogP contribution < -0.4 is 0 Å². The molecule has 0 aliphatic heterocycles. The summed E-state index contributed by atoms with van der Waals surface area (Å²) in [6, 6.07) is 16.2. The number of hydrogen-bond acceptors (Lipinski definition) is 6. The number of hydrogen-bond donors (Lipinski definition) is 0. The monoisotopic (exact) mass is 580 g/mol. The van der Waals surface area contributed by atoms with Crippen molar-refractivity contribution in [1.82, 2.24) is 9.80 Å². The van der Waals surface area contributed by atoms with Gasteiger partial charge < -0.3 is 9.47 Å². The van der Waals surface area contributed by atoms with Gasteiger partial charge in [0, 0.05) is 0 Å². The molecular weight excluding hydrogens is 524 g/mol. The van der Waals surface area contributed by atoms with E-state index in [4.69, 9.17) is 9.47 Å². The number of nitrogens with zero attached hydrogens (tertiary/aromatic N) is 2. The maximum absolute atomic E-state index is 12.3. The van der Waals surface area contributed by atoms with Crippen molar-refractivity contribution >= 4 is 11.9 Å². The smallest absolute Gasteiger partial charge is 0.320 e. The summed E-state index contributed by atoms with van der Waals surface area (Å²) >= 11 is 0. The van der Waals surface area contributed by atoms with Gasteiger partial charge in [-0.05, 0) is 62.3 Å². The molecule has 0 aromatic heterocycles. The van der Waals surface area contributed by atoms with E-state index >= 15 is 0 Å². The zero-order valence-corrected chi connectivity index (χ0v) is 26.9. The minimum Gasteiger partial charge on any atom is -0.460 e. The van der Waals surface area contributed by atoms with Crippen LogP contribution in [0.3, 0.4) is 0 Å². The Hall–Kier alpha value is -2.70. The van der Waals surface area contributed by atoms with Crippen molar-refractivity contribution in [3.8, 4) is 11.1 Å². The molecule has 42 heavy (non-hydrogen) atoms. The van der Waals surface area contributed by atoms with Crippen LogP contribution in [-0.2, 0) is 32.3 Å². The normalized spacial score (nSPS) is 11.3. The molecule has 0 saturated carbocycles. The van der Waals surface area contributed by atoms with Gasteiger partial charge in [-0.2, -0.15) is 0 Å². The van der Waals surface area contributed by atoms with Crippen molar-refractivity contribution in [2.45, 2.75) is 104 Å². The fourth-order valence-corrected chi connectivity index (χ4v) is 4.93. The van der Waals surface area contributed by atoms with Gasteiger partial charge in [-0.1, -0.05) is 127 Å². The molecule has 6 heteroatoms. The van der Waals surface area contributed by atoms with Gasteiger partial charge in [-0.15, -0.1) is 0 Å². The molecular formula is C36H56N2O4.